The fourth-order valence-electron chi connectivity index (χ4n) is 4.33. The van der Waals surface area contributed by atoms with Crippen LogP contribution in [0.2, 0.25) is 0 Å². The molecule has 1 aromatic heterocycles. The Labute approximate surface area is 166 Å². The van der Waals surface area contributed by atoms with Gasteiger partial charge in [0.1, 0.15) is 0 Å². The van der Waals surface area contributed by atoms with Crippen molar-refractivity contribution in [3.63, 3.8) is 0 Å². The van der Waals surface area contributed by atoms with Gasteiger partial charge in [0.25, 0.3) is 5.91 Å². The first kappa shape index (κ1) is 19.1. The van der Waals surface area contributed by atoms with Crippen LogP contribution in [0.3, 0.4) is 0 Å². The topological polar surface area (TPSA) is 68.5 Å². The van der Waals surface area contributed by atoms with E-state index in [4.69, 9.17) is 14.2 Å². The Morgan fingerprint density at radius 2 is 2.04 bits per heavy atom. The quantitative estimate of drug-likeness (QED) is 0.759. The highest BCUT2D eigenvalue weighted by atomic mass is 16.5. The largest absolute Gasteiger partial charge is 0.385 e. The number of methoxy groups -OCH3 is 1. The second kappa shape index (κ2) is 7.66. The second-order valence-electron chi connectivity index (χ2n) is 8.46. The normalized spacial score (nSPS) is 22.5. The van der Waals surface area contributed by atoms with Crippen LogP contribution >= 0.6 is 0 Å². The number of carbonyl (C=O) groups is 1. The number of benzene rings is 1. The summed E-state index contributed by atoms with van der Waals surface area (Å²) in [5.74, 6) is 2.01. The van der Waals surface area contributed by atoms with Crippen LogP contribution in [-0.4, -0.2) is 47.8 Å². The Hall–Kier alpha value is -2.21. The van der Waals surface area contributed by atoms with E-state index in [0.29, 0.717) is 19.1 Å². The summed E-state index contributed by atoms with van der Waals surface area (Å²) in [6, 6.07) is 6.04. The van der Waals surface area contributed by atoms with E-state index in [9.17, 15) is 4.79 Å². The highest BCUT2D eigenvalue weighted by molar-refractivity contribution is 5.94. The summed E-state index contributed by atoms with van der Waals surface area (Å²) >= 11 is 0. The van der Waals surface area contributed by atoms with Crippen LogP contribution in [0.15, 0.2) is 22.7 Å². The molecule has 1 aliphatic heterocycles. The number of carbonyl (C=O) groups excluding carboxylic acids is 1. The summed E-state index contributed by atoms with van der Waals surface area (Å²) in [5.41, 5.74) is 2.67. The predicted octanol–water partition coefficient (Wildman–Crippen LogP) is 3.77. The van der Waals surface area contributed by atoms with Crippen LogP contribution < -0.4 is 0 Å². The molecule has 1 aliphatic carbocycles. The summed E-state index contributed by atoms with van der Waals surface area (Å²) < 4.78 is 10.9. The van der Waals surface area contributed by atoms with E-state index in [2.05, 4.69) is 11.2 Å². The van der Waals surface area contributed by atoms with E-state index >= 15 is 0 Å². The van der Waals surface area contributed by atoms with Gasteiger partial charge in [-0.05, 0) is 58.1 Å². The van der Waals surface area contributed by atoms with Crippen LogP contribution in [0, 0.1) is 13.8 Å². The smallest absolute Gasteiger partial charge is 0.253 e. The lowest BCUT2D eigenvalue weighted by molar-refractivity contribution is 0.0567. The van der Waals surface area contributed by atoms with Crippen molar-refractivity contribution in [3.8, 4) is 0 Å². The molecular formula is C22H29N3O3. The number of amides is 1. The van der Waals surface area contributed by atoms with E-state index in [1.54, 1.807) is 7.11 Å². The zero-order valence-corrected chi connectivity index (χ0v) is 17.0. The van der Waals surface area contributed by atoms with Crippen molar-refractivity contribution in [1.29, 1.82) is 0 Å². The molecule has 2 fully saturated rings. The van der Waals surface area contributed by atoms with Crippen molar-refractivity contribution in [2.75, 3.05) is 26.8 Å². The van der Waals surface area contributed by atoms with Gasteiger partial charge in [0.2, 0.25) is 5.89 Å². The van der Waals surface area contributed by atoms with E-state index in [1.165, 1.54) is 0 Å². The minimum absolute atomic E-state index is 0.0826. The molecule has 4 rings (SSSR count). The Morgan fingerprint density at radius 1 is 1.29 bits per heavy atom. The summed E-state index contributed by atoms with van der Waals surface area (Å²) in [6.07, 6.45) is 4.90. The first-order valence-electron chi connectivity index (χ1n) is 10.2. The van der Waals surface area contributed by atoms with E-state index in [-0.39, 0.29) is 11.3 Å². The predicted molar refractivity (Wildman–Crippen MR) is 105 cm³/mol. The minimum Gasteiger partial charge on any atom is -0.385 e. The van der Waals surface area contributed by atoms with Gasteiger partial charge < -0.3 is 14.2 Å². The Balaban J connectivity index is 1.60. The van der Waals surface area contributed by atoms with Gasteiger partial charge in [-0.25, -0.2) is 0 Å². The number of hydrogen-bond donors (Lipinski definition) is 0. The molecule has 0 N–H and O–H groups in total. The highest BCUT2D eigenvalue weighted by Gasteiger charge is 2.43. The Bertz CT molecular complexity index is 838. The van der Waals surface area contributed by atoms with Gasteiger partial charge in [-0.15, -0.1) is 0 Å². The molecule has 2 heterocycles. The Kier molecular flexibility index (Phi) is 5.23. The van der Waals surface area contributed by atoms with E-state index in [1.807, 2.05) is 30.9 Å². The molecule has 28 heavy (non-hydrogen) atoms. The number of aromatic nitrogens is 2. The maximum Gasteiger partial charge on any atom is 0.253 e. The molecule has 1 atom stereocenters. The molecule has 0 radical (unpaired) electrons. The second-order valence-corrected chi connectivity index (χ2v) is 8.46. The fraction of sp³-hybridized carbons (Fsp3) is 0.591. The SMILES string of the molecule is COCCC1(c2noc(C3CC3)n2)CCCN(C(=O)c2cc(C)cc(C)c2)C1. The van der Waals surface area contributed by atoms with Crippen LogP contribution in [0.5, 0.6) is 0 Å². The number of nitrogens with zero attached hydrogens (tertiary/aromatic N) is 3. The number of piperidine rings is 1. The van der Waals surface area contributed by atoms with E-state index < -0.39 is 0 Å². The zero-order chi connectivity index (χ0) is 19.7. The van der Waals surface area contributed by atoms with Crippen LogP contribution in [0.4, 0.5) is 0 Å². The van der Waals surface area contributed by atoms with Crippen LogP contribution in [-0.2, 0) is 10.2 Å². The van der Waals surface area contributed by atoms with Crippen LogP contribution in [0.25, 0.3) is 0 Å². The third kappa shape index (κ3) is 3.83. The Morgan fingerprint density at radius 3 is 2.71 bits per heavy atom. The van der Waals surface area contributed by atoms with Crippen molar-refractivity contribution in [1.82, 2.24) is 15.0 Å². The number of hydrogen-bond acceptors (Lipinski definition) is 5. The maximum atomic E-state index is 13.3. The average Bonchev–Trinajstić information content (AvgIpc) is 3.41. The first-order chi connectivity index (χ1) is 13.5. The van der Waals surface area contributed by atoms with Crippen molar-refractivity contribution in [3.05, 3.63) is 46.6 Å². The third-order valence-corrected chi connectivity index (χ3v) is 5.96. The lowest BCUT2D eigenvalue weighted by Crippen LogP contribution is -2.49. The molecule has 0 spiro atoms. The fourth-order valence-corrected chi connectivity index (χ4v) is 4.33. The number of rotatable bonds is 6. The molecule has 0 bridgehead atoms. The molecule has 1 unspecified atom stereocenters. The van der Waals surface area contributed by atoms with Gasteiger partial charge in [0.05, 0.1) is 5.41 Å². The van der Waals surface area contributed by atoms with Crippen LogP contribution in [0.1, 0.15) is 71.2 Å². The minimum atomic E-state index is -0.306. The molecule has 150 valence electrons. The first-order valence-corrected chi connectivity index (χ1v) is 10.2. The van der Waals surface area contributed by atoms with Crippen molar-refractivity contribution < 1.29 is 14.1 Å². The average molecular weight is 383 g/mol. The van der Waals surface area contributed by atoms with Gasteiger partial charge in [-0.1, -0.05) is 22.3 Å². The molecule has 1 saturated carbocycles. The summed E-state index contributed by atoms with van der Waals surface area (Å²) in [5, 5.41) is 4.34. The van der Waals surface area contributed by atoms with Crippen molar-refractivity contribution in [2.24, 2.45) is 0 Å². The van der Waals surface area contributed by atoms with E-state index in [0.717, 1.165) is 67.1 Å². The lowest BCUT2D eigenvalue weighted by atomic mass is 9.76. The van der Waals surface area contributed by atoms with Gasteiger partial charge in [0, 0.05) is 38.3 Å². The lowest BCUT2D eigenvalue weighted by Gasteiger charge is -2.41. The number of ether oxygens (including phenoxy) is 1. The standard InChI is InChI=1S/C22H29N3O3/c1-15-11-16(2)13-18(12-15)20(26)25-9-4-7-22(14-25,8-10-27-3)21-23-19(28-24-21)17-5-6-17/h11-13,17H,4-10,14H2,1-3H3. The molecule has 1 saturated heterocycles. The molecule has 6 heteroatoms. The number of aryl methyl sites for hydroxylation is 2. The van der Waals surface area contributed by atoms with Gasteiger partial charge in [-0.2, -0.15) is 4.98 Å². The van der Waals surface area contributed by atoms with Gasteiger partial charge >= 0.3 is 0 Å². The molecule has 1 aromatic carbocycles. The monoisotopic (exact) mass is 383 g/mol. The van der Waals surface area contributed by atoms with Crippen molar-refractivity contribution >= 4 is 5.91 Å². The molecule has 2 aromatic rings. The third-order valence-electron chi connectivity index (χ3n) is 5.96. The molecular weight excluding hydrogens is 354 g/mol. The number of likely N-dealkylation sites (tertiary alicyclic amines) is 1. The van der Waals surface area contributed by atoms with Gasteiger partial charge in [0.15, 0.2) is 5.82 Å². The molecule has 6 nitrogen and oxygen atoms in total. The highest BCUT2D eigenvalue weighted by Crippen LogP contribution is 2.41. The zero-order valence-electron chi connectivity index (χ0n) is 17.0. The molecule has 2 aliphatic rings. The summed E-state index contributed by atoms with van der Waals surface area (Å²) in [6.45, 7) is 6.03. The molecule has 1 amide bonds. The summed E-state index contributed by atoms with van der Waals surface area (Å²) in [7, 11) is 1.71. The summed E-state index contributed by atoms with van der Waals surface area (Å²) in [4.78, 5) is 20.0. The van der Waals surface area contributed by atoms with Gasteiger partial charge in [-0.3, -0.25) is 4.79 Å². The maximum absolute atomic E-state index is 13.3. The van der Waals surface area contributed by atoms with Crippen molar-refractivity contribution in [2.45, 2.75) is 57.3 Å².